The number of nitrogens with zero attached hydrogens (tertiary/aromatic N) is 7. The number of H-pyrrole nitrogens is 1. The van der Waals surface area contributed by atoms with Gasteiger partial charge in [0.15, 0.2) is 0 Å². The molecule has 0 aliphatic carbocycles. The van der Waals surface area contributed by atoms with Crippen LogP contribution in [0, 0.1) is 20.8 Å². The second kappa shape index (κ2) is 42.7. The van der Waals surface area contributed by atoms with Crippen molar-refractivity contribution in [2.24, 2.45) is 19.2 Å². The standard InChI is InChI=1S/C13H16N4O.C13H17NO.C13H13NO.C7H8BrNO.C6H7BO2.C6H6BrNO.4C2H6/c1-9-11(10-6-4-3-5-7-10)8-12(15-16-14)13(18)17(9)2;2*1-10-12(8-9-13(15)14(10)2)11-6-4-3-5-7-11;1-5-6(8)3-4-7(10)9(5)2;8-7(9)6-4-2-1-3-5-6;1-4-5(7)2-3-6(9)8-4;4*1-2/h3-7,9,11-12H,8H2,1-2H3;3-7,10,12H,8-9H2,1-2H3;3-9H,1-2H3;3-4H,1-2H3;1-5,8-9H;2-3H,1H3,(H,8,9);4*1-2H3. The van der Waals surface area contributed by atoms with Crippen molar-refractivity contribution in [1.29, 1.82) is 0 Å². The molecule has 2 saturated heterocycles. The Balaban J connectivity index is 0.000000976. The molecule has 2 aliphatic heterocycles. The van der Waals surface area contributed by atoms with Gasteiger partial charge >= 0.3 is 7.12 Å². The minimum absolute atomic E-state index is 0.0284. The number of hydrogen-bond donors (Lipinski definition) is 3. The van der Waals surface area contributed by atoms with Crippen LogP contribution in [-0.2, 0) is 23.7 Å². The van der Waals surface area contributed by atoms with Gasteiger partial charge in [-0.1, -0.05) is 182 Å². The van der Waals surface area contributed by atoms with Crippen molar-refractivity contribution in [3.63, 3.8) is 0 Å². The first-order valence-electron chi connectivity index (χ1n) is 28.6. The number of carbonyl (C=O) groups excluding carboxylic acids is 2. The lowest BCUT2D eigenvalue weighted by Gasteiger charge is -2.39. The van der Waals surface area contributed by atoms with E-state index in [4.69, 9.17) is 15.6 Å². The van der Waals surface area contributed by atoms with E-state index >= 15 is 0 Å². The Morgan fingerprint density at radius 2 is 0.988 bits per heavy atom. The van der Waals surface area contributed by atoms with Gasteiger partial charge in [0.25, 0.3) is 5.56 Å². The number of aromatic nitrogens is 3. The number of benzene rings is 4. The number of likely N-dealkylation sites (N-methyl/N-ethyl adjacent to an activating group) is 2. The van der Waals surface area contributed by atoms with Gasteiger partial charge in [-0.3, -0.25) is 24.0 Å². The third-order valence-corrected chi connectivity index (χ3v) is 15.3. The number of pyridine rings is 3. The second-order valence-electron chi connectivity index (χ2n) is 18.3. The van der Waals surface area contributed by atoms with E-state index in [-0.39, 0.29) is 40.5 Å². The molecule has 0 radical (unpaired) electrons. The molecule has 3 aromatic heterocycles. The predicted molar refractivity (Wildman–Crippen MR) is 357 cm³/mol. The summed E-state index contributed by atoms with van der Waals surface area (Å²) >= 11 is 6.58. The van der Waals surface area contributed by atoms with Gasteiger partial charge in [-0.15, -0.1) is 0 Å². The molecule has 5 atom stereocenters. The molecule has 5 unspecified atom stereocenters. The molecule has 4 aromatic carbocycles. The fourth-order valence-corrected chi connectivity index (χ4v) is 9.03. The highest BCUT2D eigenvalue weighted by atomic mass is 79.9. The summed E-state index contributed by atoms with van der Waals surface area (Å²) < 4.78 is 5.17. The molecule has 0 saturated carbocycles. The van der Waals surface area contributed by atoms with Gasteiger partial charge in [-0.05, 0) is 125 Å². The Morgan fingerprint density at radius 1 is 0.560 bits per heavy atom. The maximum absolute atomic E-state index is 12.0. The molecular formula is C66H91BBr2N8O7. The highest BCUT2D eigenvalue weighted by Crippen LogP contribution is 2.34. The van der Waals surface area contributed by atoms with Crippen LogP contribution in [0.5, 0.6) is 0 Å². The molecule has 9 rings (SSSR count). The number of carbonyl (C=O) groups is 2. The Hall–Kier alpha value is -7.08. The van der Waals surface area contributed by atoms with Crippen molar-refractivity contribution in [1.82, 2.24) is 23.9 Å². The number of likely N-dealkylation sites (tertiary alicyclic amines) is 2. The van der Waals surface area contributed by atoms with E-state index in [9.17, 15) is 24.0 Å². The molecule has 0 bridgehead atoms. The average Bonchev–Trinajstić information content (AvgIpc) is 3.63. The third-order valence-electron chi connectivity index (χ3n) is 13.6. The molecule has 2 aliphatic rings. The minimum Gasteiger partial charge on any atom is -0.423 e. The van der Waals surface area contributed by atoms with Crippen LogP contribution in [0.4, 0.5) is 0 Å². The summed E-state index contributed by atoms with van der Waals surface area (Å²) in [6.45, 7) is 25.9. The zero-order chi connectivity index (χ0) is 64.1. The first kappa shape index (κ1) is 76.9. The summed E-state index contributed by atoms with van der Waals surface area (Å²) in [6, 6.07) is 49.1. The first-order chi connectivity index (χ1) is 40.2. The molecule has 3 N–H and O–H groups in total. The highest BCUT2D eigenvalue weighted by molar-refractivity contribution is 9.10. The molecule has 454 valence electrons. The third kappa shape index (κ3) is 25.0. The topological polar surface area (TPSA) is 207 Å². The largest absolute Gasteiger partial charge is 0.488 e. The number of hydrogen-bond acceptors (Lipinski definition) is 8. The van der Waals surface area contributed by atoms with Gasteiger partial charge in [-0.2, -0.15) is 0 Å². The van der Waals surface area contributed by atoms with Crippen molar-refractivity contribution >= 4 is 56.3 Å². The van der Waals surface area contributed by atoms with Crippen molar-refractivity contribution in [3.8, 4) is 11.1 Å². The Morgan fingerprint density at radius 3 is 1.43 bits per heavy atom. The molecule has 7 aromatic rings. The zero-order valence-electron chi connectivity index (χ0n) is 52.4. The monoisotopic (exact) mass is 1280 g/mol. The zero-order valence-corrected chi connectivity index (χ0v) is 55.6. The number of aryl methyl sites for hydroxylation is 1. The Kier molecular flexibility index (Phi) is 39.1. The number of piperidine rings is 2. The smallest absolute Gasteiger partial charge is 0.423 e. The average molecular weight is 1280 g/mol. The number of nitrogens with one attached hydrogen (secondary N) is 1. The quantitative estimate of drug-likeness (QED) is 0.0657. The van der Waals surface area contributed by atoms with Crippen molar-refractivity contribution < 1.29 is 19.6 Å². The lowest BCUT2D eigenvalue weighted by Crippen LogP contribution is -2.49. The molecular weight excluding hydrogens is 1190 g/mol. The highest BCUT2D eigenvalue weighted by Gasteiger charge is 2.37. The van der Waals surface area contributed by atoms with Crippen LogP contribution in [0.15, 0.2) is 186 Å². The van der Waals surface area contributed by atoms with Crippen molar-refractivity contribution in [2.75, 3.05) is 14.1 Å². The van der Waals surface area contributed by atoms with Crippen molar-refractivity contribution in [2.45, 2.75) is 139 Å². The molecule has 5 heterocycles. The lowest BCUT2D eigenvalue weighted by molar-refractivity contribution is -0.136. The van der Waals surface area contributed by atoms with E-state index in [1.165, 1.54) is 23.3 Å². The molecule has 2 fully saturated rings. The number of aromatic amines is 1. The second-order valence-corrected chi connectivity index (χ2v) is 20.0. The number of rotatable bonds is 5. The van der Waals surface area contributed by atoms with Gasteiger partial charge in [0.2, 0.25) is 22.9 Å². The normalized spacial score (nSPS) is 16.0. The molecule has 84 heavy (non-hydrogen) atoms. The van der Waals surface area contributed by atoms with Gasteiger partial charge in [0.1, 0.15) is 6.04 Å². The molecule has 0 spiro atoms. The van der Waals surface area contributed by atoms with Crippen LogP contribution >= 0.6 is 31.9 Å². The Bertz CT molecular complexity index is 3200. The van der Waals surface area contributed by atoms with Gasteiger partial charge < -0.3 is 34.0 Å². The fourth-order valence-electron chi connectivity index (χ4n) is 8.40. The van der Waals surface area contributed by atoms with E-state index < -0.39 is 13.2 Å². The SMILES string of the molecule is CC.CC.CC.CC.CC1C(c2ccccc2)CC(N=[N+]=[N-])C(=O)N1C.CC1C(c2ccccc2)CCC(=O)N1C.Cc1[nH]c(=O)ccc1Br.Cc1c(-c2ccccc2)ccc(=O)n1C.Cc1c(Br)ccc(=O)n1C.OB(O)c1ccccc1. The molecule has 18 heteroatoms. The van der Waals surface area contributed by atoms with Gasteiger partial charge in [0.05, 0.1) is 0 Å². The summed E-state index contributed by atoms with van der Waals surface area (Å²) in [5, 5.41) is 20.8. The summed E-state index contributed by atoms with van der Waals surface area (Å²) in [7, 11) is 5.88. The van der Waals surface area contributed by atoms with Crippen molar-refractivity contribution in [3.05, 3.63) is 236 Å². The van der Waals surface area contributed by atoms with Crippen LogP contribution in [0.1, 0.15) is 129 Å². The van der Waals surface area contributed by atoms with E-state index in [1.807, 2.05) is 162 Å². The van der Waals surface area contributed by atoms with Crippen LogP contribution < -0.4 is 22.1 Å². The molecule has 15 nitrogen and oxygen atoms in total. The number of amides is 2. The predicted octanol–water partition coefficient (Wildman–Crippen LogP) is 13.8. The summed E-state index contributed by atoms with van der Waals surface area (Å²) in [5.74, 6) is 0.889. The number of halogens is 2. The van der Waals surface area contributed by atoms with E-state index in [0.717, 1.165) is 43.6 Å². The minimum atomic E-state index is -1.34. The molecule has 2 amide bonds. The summed E-state index contributed by atoms with van der Waals surface area (Å²) in [4.78, 5) is 65.3. The summed E-state index contributed by atoms with van der Waals surface area (Å²) in [5.41, 5.74) is 16.7. The summed E-state index contributed by atoms with van der Waals surface area (Å²) in [6.07, 6.45) is 2.24. The van der Waals surface area contributed by atoms with Crippen LogP contribution in [0.25, 0.3) is 21.6 Å². The number of azide groups is 1. The first-order valence-corrected chi connectivity index (χ1v) is 30.2. The lowest BCUT2D eigenvalue weighted by atomic mass is 9.81. The maximum Gasteiger partial charge on any atom is 0.488 e. The van der Waals surface area contributed by atoms with E-state index in [1.54, 1.807) is 77.6 Å². The van der Waals surface area contributed by atoms with E-state index in [0.29, 0.717) is 30.3 Å². The van der Waals surface area contributed by atoms with Crippen LogP contribution in [-0.4, -0.2) is 85.1 Å². The van der Waals surface area contributed by atoms with Crippen LogP contribution in [0.3, 0.4) is 0 Å². The van der Waals surface area contributed by atoms with Crippen LogP contribution in [0.2, 0.25) is 0 Å². The van der Waals surface area contributed by atoms with Gasteiger partial charge in [-0.25, -0.2) is 0 Å². The van der Waals surface area contributed by atoms with Gasteiger partial charge in [0, 0.05) is 113 Å². The Labute approximate surface area is 516 Å². The maximum atomic E-state index is 12.0. The fraction of sp³-hybridized carbons (Fsp3) is 0.379. The van der Waals surface area contributed by atoms with E-state index in [2.05, 4.69) is 90.2 Å².